The SMILES string of the molecule is CC1(OCc2cccc(F)c2F)CNC1. The monoisotopic (exact) mass is 213 g/mol. The van der Waals surface area contributed by atoms with Gasteiger partial charge in [0.15, 0.2) is 11.6 Å². The molecule has 2 rings (SSSR count). The molecule has 0 spiro atoms. The Kier molecular flexibility index (Phi) is 2.71. The zero-order chi connectivity index (χ0) is 10.9. The largest absolute Gasteiger partial charge is 0.368 e. The molecule has 0 aromatic heterocycles. The zero-order valence-electron chi connectivity index (χ0n) is 8.52. The predicted octanol–water partition coefficient (Wildman–Crippen LogP) is 1.84. The molecule has 1 aliphatic heterocycles. The van der Waals surface area contributed by atoms with E-state index in [9.17, 15) is 8.78 Å². The van der Waals surface area contributed by atoms with Gasteiger partial charge >= 0.3 is 0 Å². The highest BCUT2D eigenvalue weighted by atomic mass is 19.2. The molecule has 0 saturated carbocycles. The van der Waals surface area contributed by atoms with E-state index in [1.807, 2.05) is 6.92 Å². The van der Waals surface area contributed by atoms with Gasteiger partial charge in [-0.25, -0.2) is 8.78 Å². The minimum atomic E-state index is -0.826. The first-order valence-corrected chi connectivity index (χ1v) is 4.88. The van der Waals surface area contributed by atoms with E-state index >= 15 is 0 Å². The van der Waals surface area contributed by atoms with Gasteiger partial charge in [0, 0.05) is 18.7 Å². The number of halogens is 2. The predicted molar refractivity (Wildman–Crippen MR) is 52.4 cm³/mol. The zero-order valence-corrected chi connectivity index (χ0v) is 8.52. The van der Waals surface area contributed by atoms with Crippen LogP contribution >= 0.6 is 0 Å². The summed E-state index contributed by atoms with van der Waals surface area (Å²) in [7, 11) is 0. The molecule has 0 atom stereocenters. The summed E-state index contributed by atoms with van der Waals surface area (Å²) in [6.07, 6.45) is 0. The van der Waals surface area contributed by atoms with Crippen molar-refractivity contribution in [1.82, 2.24) is 5.32 Å². The van der Waals surface area contributed by atoms with Crippen LogP contribution < -0.4 is 5.32 Å². The minimum Gasteiger partial charge on any atom is -0.368 e. The normalized spacial score (nSPS) is 18.6. The molecule has 0 aliphatic carbocycles. The maximum atomic E-state index is 13.2. The van der Waals surface area contributed by atoms with Crippen molar-refractivity contribution in [2.45, 2.75) is 19.1 Å². The van der Waals surface area contributed by atoms with Gasteiger partial charge in [0.1, 0.15) is 0 Å². The molecule has 15 heavy (non-hydrogen) atoms. The van der Waals surface area contributed by atoms with E-state index in [1.54, 1.807) is 0 Å². The first kappa shape index (κ1) is 10.5. The van der Waals surface area contributed by atoms with Crippen molar-refractivity contribution in [3.63, 3.8) is 0 Å². The van der Waals surface area contributed by atoms with Gasteiger partial charge in [-0.3, -0.25) is 0 Å². The van der Waals surface area contributed by atoms with Crippen molar-refractivity contribution in [1.29, 1.82) is 0 Å². The lowest BCUT2D eigenvalue weighted by Crippen LogP contribution is -2.58. The van der Waals surface area contributed by atoms with Crippen LogP contribution in [-0.4, -0.2) is 18.7 Å². The Morgan fingerprint density at radius 2 is 2.13 bits per heavy atom. The Morgan fingerprint density at radius 1 is 1.40 bits per heavy atom. The van der Waals surface area contributed by atoms with Gasteiger partial charge in [0.2, 0.25) is 0 Å². The number of hydrogen-bond donors (Lipinski definition) is 1. The summed E-state index contributed by atoms with van der Waals surface area (Å²) in [5.41, 5.74) is 0.0294. The fourth-order valence-corrected chi connectivity index (χ4v) is 1.49. The van der Waals surface area contributed by atoms with E-state index in [0.717, 1.165) is 19.2 Å². The standard InChI is InChI=1S/C11H13F2NO/c1-11(6-14-7-11)15-5-8-3-2-4-9(12)10(8)13/h2-4,14H,5-7H2,1H3. The van der Waals surface area contributed by atoms with E-state index in [2.05, 4.69) is 5.32 Å². The topological polar surface area (TPSA) is 21.3 Å². The Balaban J connectivity index is 2.01. The van der Waals surface area contributed by atoms with Crippen LogP contribution in [0.3, 0.4) is 0 Å². The molecule has 0 radical (unpaired) electrons. The van der Waals surface area contributed by atoms with E-state index in [1.165, 1.54) is 12.1 Å². The molecule has 82 valence electrons. The van der Waals surface area contributed by atoms with Crippen LogP contribution in [0.5, 0.6) is 0 Å². The summed E-state index contributed by atoms with van der Waals surface area (Å²) in [6.45, 7) is 3.57. The van der Waals surface area contributed by atoms with Crippen molar-refractivity contribution >= 4 is 0 Å². The average Bonchev–Trinajstić information content (AvgIpc) is 2.17. The smallest absolute Gasteiger partial charge is 0.164 e. The number of hydrogen-bond acceptors (Lipinski definition) is 2. The average molecular weight is 213 g/mol. The summed E-state index contributed by atoms with van der Waals surface area (Å²) in [6, 6.07) is 4.12. The molecule has 1 aromatic rings. The van der Waals surface area contributed by atoms with E-state index in [-0.39, 0.29) is 17.8 Å². The van der Waals surface area contributed by atoms with Crippen LogP contribution in [0, 0.1) is 11.6 Å². The molecular formula is C11H13F2NO. The van der Waals surface area contributed by atoms with Crippen molar-refractivity contribution in [2.24, 2.45) is 0 Å². The van der Waals surface area contributed by atoms with Crippen LogP contribution in [0.25, 0.3) is 0 Å². The van der Waals surface area contributed by atoms with Crippen molar-refractivity contribution in [3.05, 3.63) is 35.4 Å². The fraction of sp³-hybridized carbons (Fsp3) is 0.455. The second-order valence-corrected chi connectivity index (χ2v) is 4.06. The number of rotatable bonds is 3. The number of nitrogens with one attached hydrogen (secondary N) is 1. The van der Waals surface area contributed by atoms with Crippen LogP contribution in [0.4, 0.5) is 8.78 Å². The van der Waals surface area contributed by atoms with Crippen molar-refractivity contribution < 1.29 is 13.5 Å². The highest BCUT2D eigenvalue weighted by Crippen LogP contribution is 2.19. The minimum absolute atomic E-state index is 0.113. The Bertz CT molecular complexity index is 364. The van der Waals surface area contributed by atoms with Crippen LogP contribution in [-0.2, 0) is 11.3 Å². The lowest BCUT2D eigenvalue weighted by Gasteiger charge is -2.39. The molecule has 1 saturated heterocycles. The Morgan fingerprint density at radius 3 is 2.73 bits per heavy atom. The summed E-state index contributed by atoms with van der Waals surface area (Å²) >= 11 is 0. The van der Waals surface area contributed by atoms with Gasteiger partial charge in [-0.2, -0.15) is 0 Å². The summed E-state index contributed by atoms with van der Waals surface area (Å²) in [4.78, 5) is 0. The first-order chi connectivity index (χ1) is 7.11. The summed E-state index contributed by atoms with van der Waals surface area (Å²) in [5.74, 6) is -1.64. The Labute approximate surface area is 87.2 Å². The lowest BCUT2D eigenvalue weighted by atomic mass is 10.00. The third-order valence-electron chi connectivity index (χ3n) is 2.61. The van der Waals surface area contributed by atoms with Crippen molar-refractivity contribution in [2.75, 3.05) is 13.1 Å². The van der Waals surface area contributed by atoms with E-state index in [0.29, 0.717) is 0 Å². The molecule has 1 aromatic carbocycles. The van der Waals surface area contributed by atoms with Gasteiger partial charge in [-0.05, 0) is 13.0 Å². The quantitative estimate of drug-likeness (QED) is 0.827. The molecule has 1 fully saturated rings. The molecule has 1 N–H and O–H groups in total. The van der Waals surface area contributed by atoms with Gasteiger partial charge in [0.05, 0.1) is 12.2 Å². The van der Waals surface area contributed by atoms with E-state index < -0.39 is 11.6 Å². The highest BCUT2D eigenvalue weighted by molar-refractivity contribution is 5.18. The van der Waals surface area contributed by atoms with Gasteiger partial charge in [-0.15, -0.1) is 0 Å². The van der Waals surface area contributed by atoms with Gasteiger partial charge < -0.3 is 10.1 Å². The maximum Gasteiger partial charge on any atom is 0.164 e. The molecule has 1 heterocycles. The summed E-state index contributed by atoms with van der Waals surface area (Å²) < 4.78 is 31.6. The number of ether oxygens (including phenoxy) is 1. The lowest BCUT2D eigenvalue weighted by molar-refractivity contribution is -0.0776. The second kappa shape index (κ2) is 3.87. The van der Waals surface area contributed by atoms with Crippen LogP contribution in [0.15, 0.2) is 18.2 Å². The molecule has 0 unspecified atom stereocenters. The van der Waals surface area contributed by atoms with Crippen molar-refractivity contribution in [3.8, 4) is 0 Å². The third kappa shape index (κ3) is 2.16. The molecule has 0 bridgehead atoms. The first-order valence-electron chi connectivity index (χ1n) is 4.88. The molecule has 4 heteroatoms. The number of benzene rings is 1. The third-order valence-corrected chi connectivity index (χ3v) is 2.61. The molecule has 2 nitrogen and oxygen atoms in total. The van der Waals surface area contributed by atoms with Gasteiger partial charge in [0.25, 0.3) is 0 Å². The fourth-order valence-electron chi connectivity index (χ4n) is 1.49. The highest BCUT2D eigenvalue weighted by Gasteiger charge is 2.32. The maximum absolute atomic E-state index is 13.2. The van der Waals surface area contributed by atoms with Gasteiger partial charge in [-0.1, -0.05) is 12.1 Å². The molecule has 0 amide bonds. The summed E-state index contributed by atoms with van der Waals surface area (Å²) in [5, 5.41) is 3.07. The molecular weight excluding hydrogens is 200 g/mol. The Hall–Kier alpha value is -1.00. The van der Waals surface area contributed by atoms with E-state index in [4.69, 9.17) is 4.74 Å². The molecule has 1 aliphatic rings. The second-order valence-electron chi connectivity index (χ2n) is 4.06. The van der Waals surface area contributed by atoms with Crippen LogP contribution in [0.1, 0.15) is 12.5 Å². The van der Waals surface area contributed by atoms with Crippen LogP contribution in [0.2, 0.25) is 0 Å².